The molecule has 0 bridgehead atoms. The van der Waals surface area contributed by atoms with Crippen LogP contribution in [0.2, 0.25) is 0 Å². The van der Waals surface area contributed by atoms with Gasteiger partial charge in [-0.05, 0) is 78.9 Å². The Kier molecular flexibility index (Phi) is 4.50. The quantitative estimate of drug-likeness (QED) is 0.579. The van der Waals surface area contributed by atoms with Crippen molar-refractivity contribution in [3.8, 4) is 0 Å². The highest BCUT2D eigenvalue weighted by Crippen LogP contribution is 2.43. The van der Waals surface area contributed by atoms with Crippen molar-refractivity contribution in [2.75, 3.05) is 0 Å². The van der Waals surface area contributed by atoms with Gasteiger partial charge in [0.25, 0.3) is 0 Å². The zero-order valence-electron chi connectivity index (χ0n) is 13.8. The van der Waals surface area contributed by atoms with Crippen molar-refractivity contribution < 1.29 is 0 Å². The summed E-state index contributed by atoms with van der Waals surface area (Å²) in [5.74, 6) is 1.69. The standard InChI is InChI=1S/C20H29Br/c1-20(2,3)18-9-10-19(21)17(13-18)12-14-7-8-15-5-4-6-16(15)11-14/h7-8,11,17-19H,4-6,9-10,12-13H2,1-3H3. The molecule has 0 saturated heterocycles. The van der Waals surface area contributed by atoms with Crippen LogP contribution in [-0.2, 0) is 19.3 Å². The molecule has 3 unspecified atom stereocenters. The summed E-state index contributed by atoms with van der Waals surface area (Å²) in [5.41, 5.74) is 5.26. The second-order valence-corrected chi connectivity index (χ2v) is 9.49. The van der Waals surface area contributed by atoms with Gasteiger partial charge in [0.05, 0.1) is 0 Å². The van der Waals surface area contributed by atoms with Crippen molar-refractivity contribution in [3.63, 3.8) is 0 Å². The largest absolute Gasteiger partial charge is 0.0888 e. The molecule has 3 atom stereocenters. The van der Waals surface area contributed by atoms with Crippen LogP contribution in [0.15, 0.2) is 18.2 Å². The summed E-state index contributed by atoms with van der Waals surface area (Å²) >= 11 is 3.97. The molecule has 116 valence electrons. The van der Waals surface area contributed by atoms with E-state index in [0.29, 0.717) is 10.2 Å². The van der Waals surface area contributed by atoms with Gasteiger partial charge in [0.15, 0.2) is 0 Å². The predicted octanol–water partition coefficient (Wildman–Crippen LogP) is 5.94. The van der Waals surface area contributed by atoms with E-state index in [0.717, 1.165) is 11.8 Å². The van der Waals surface area contributed by atoms with E-state index in [4.69, 9.17) is 0 Å². The van der Waals surface area contributed by atoms with Gasteiger partial charge >= 0.3 is 0 Å². The highest BCUT2D eigenvalue weighted by molar-refractivity contribution is 9.09. The lowest BCUT2D eigenvalue weighted by Gasteiger charge is -2.40. The van der Waals surface area contributed by atoms with Gasteiger partial charge in [-0.3, -0.25) is 0 Å². The molecule has 0 spiro atoms. The number of alkyl halides is 1. The molecule has 2 aliphatic carbocycles. The van der Waals surface area contributed by atoms with Crippen LogP contribution in [0.3, 0.4) is 0 Å². The first kappa shape index (κ1) is 15.6. The first-order chi connectivity index (χ1) is 9.93. The van der Waals surface area contributed by atoms with Crippen molar-refractivity contribution in [1.29, 1.82) is 0 Å². The van der Waals surface area contributed by atoms with Crippen LogP contribution in [0.4, 0.5) is 0 Å². The molecule has 1 saturated carbocycles. The molecular formula is C20H29Br. The fraction of sp³-hybridized carbons (Fsp3) is 0.700. The first-order valence-electron chi connectivity index (χ1n) is 8.68. The maximum absolute atomic E-state index is 3.97. The summed E-state index contributed by atoms with van der Waals surface area (Å²) in [6, 6.07) is 7.29. The molecule has 2 aliphatic rings. The minimum absolute atomic E-state index is 0.462. The third kappa shape index (κ3) is 3.55. The molecule has 21 heavy (non-hydrogen) atoms. The SMILES string of the molecule is CC(C)(C)C1CCC(Br)C(Cc2ccc3c(c2)CCC3)C1. The zero-order chi connectivity index (χ0) is 15.0. The van der Waals surface area contributed by atoms with E-state index < -0.39 is 0 Å². The number of rotatable bonds is 2. The number of halogens is 1. The van der Waals surface area contributed by atoms with Crippen molar-refractivity contribution >= 4 is 15.9 Å². The smallest absolute Gasteiger partial charge is 0.0177 e. The van der Waals surface area contributed by atoms with Gasteiger partial charge in [0.1, 0.15) is 0 Å². The molecule has 0 radical (unpaired) electrons. The number of benzene rings is 1. The van der Waals surface area contributed by atoms with Gasteiger partial charge in [0.2, 0.25) is 0 Å². The van der Waals surface area contributed by atoms with Crippen molar-refractivity contribution in [1.82, 2.24) is 0 Å². The average molecular weight is 349 g/mol. The molecule has 1 heteroatoms. The Morgan fingerprint density at radius 2 is 1.86 bits per heavy atom. The lowest BCUT2D eigenvalue weighted by molar-refractivity contribution is 0.146. The van der Waals surface area contributed by atoms with E-state index in [1.54, 1.807) is 16.7 Å². The molecule has 1 aromatic carbocycles. The Balaban J connectivity index is 1.70. The summed E-state index contributed by atoms with van der Waals surface area (Å²) in [7, 11) is 0. The Bertz CT molecular complexity index is 497. The maximum atomic E-state index is 3.97. The second kappa shape index (κ2) is 6.07. The van der Waals surface area contributed by atoms with Gasteiger partial charge in [-0.2, -0.15) is 0 Å². The van der Waals surface area contributed by atoms with Crippen molar-refractivity contribution in [3.05, 3.63) is 34.9 Å². The summed E-state index contributed by atoms with van der Waals surface area (Å²) in [6.45, 7) is 7.25. The van der Waals surface area contributed by atoms with Gasteiger partial charge < -0.3 is 0 Å². The number of hydrogen-bond donors (Lipinski definition) is 0. The monoisotopic (exact) mass is 348 g/mol. The second-order valence-electron chi connectivity index (χ2n) is 8.31. The topological polar surface area (TPSA) is 0 Å². The normalized spacial score (nSPS) is 29.4. The third-order valence-corrected chi connectivity index (χ3v) is 6.98. The van der Waals surface area contributed by atoms with Crippen molar-refractivity contribution in [2.24, 2.45) is 17.3 Å². The molecule has 3 rings (SSSR count). The van der Waals surface area contributed by atoms with Gasteiger partial charge in [-0.25, -0.2) is 0 Å². The Morgan fingerprint density at radius 1 is 1.10 bits per heavy atom. The van der Waals surface area contributed by atoms with Crippen molar-refractivity contribution in [2.45, 2.75) is 70.5 Å². The first-order valence-corrected chi connectivity index (χ1v) is 9.60. The summed E-state index contributed by atoms with van der Waals surface area (Å²) in [5, 5.41) is 0. The number of aryl methyl sites for hydroxylation is 2. The molecule has 0 aliphatic heterocycles. The Labute approximate surface area is 138 Å². The summed E-state index contributed by atoms with van der Waals surface area (Å²) in [6.07, 6.45) is 9.34. The van der Waals surface area contributed by atoms with Crippen LogP contribution in [-0.4, -0.2) is 4.83 Å². The Morgan fingerprint density at radius 3 is 2.62 bits per heavy atom. The molecule has 0 amide bonds. The zero-order valence-corrected chi connectivity index (χ0v) is 15.4. The third-order valence-electron chi connectivity index (χ3n) is 5.78. The lowest BCUT2D eigenvalue weighted by atomic mass is 9.68. The number of fused-ring (bicyclic) bond motifs is 1. The highest BCUT2D eigenvalue weighted by atomic mass is 79.9. The van der Waals surface area contributed by atoms with Crippen LogP contribution >= 0.6 is 15.9 Å². The average Bonchev–Trinajstić information content (AvgIpc) is 2.87. The predicted molar refractivity (Wildman–Crippen MR) is 95.2 cm³/mol. The van der Waals surface area contributed by atoms with E-state index in [-0.39, 0.29) is 0 Å². The van der Waals surface area contributed by atoms with E-state index in [2.05, 4.69) is 54.9 Å². The van der Waals surface area contributed by atoms with Crippen LogP contribution in [0.25, 0.3) is 0 Å². The summed E-state index contributed by atoms with van der Waals surface area (Å²) < 4.78 is 0. The molecule has 0 nitrogen and oxygen atoms in total. The van der Waals surface area contributed by atoms with E-state index in [1.807, 2.05) is 0 Å². The minimum Gasteiger partial charge on any atom is -0.0888 e. The highest BCUT2D eigenvalue weighted by Gasteiger charge is 2.34. The lowest BCUT2D eigenvalue weighted by Crippen LogP contribution is -2.33. The van der Waals surface area contributed by atoms with Crippen LogP contribution in [0.5, 0.6) is 0 Å². The van der Waals surface area contributed by atoms with Crippen LogP contribution in [0, 0.1) is 17.3 Å². The Hall–Kier alpha value is -0.300. The van der Waals surface area contributed by atoms with Gasteiger partial charge in [-0.1, -0.05) is 54.9 Å². The fourth-order valence-corrected chi connectivity index (χ4v) is 4.95. The molecule has 0 heterocycles. The van der Waals surface area contributed by atoms with E-state index >= 15 is 0 Å². The summed E-state index contributed by atoms with van der Waals surface area (Å²) in [4.78, 5) is 0.712. The van der Waals surface area contributed by atoms with Crippen LogP contribution < -0.4 is 0 Å². The number of hydrogen-bond acceptors (Lipinski definition) is 0. The van der Waals surface area contributed by atoms with Gasteiger partial charge in [0, 0.05) is 4.83 Å². The molecule has 0 N–H and O–H groups in total. The van der Waals surface area contributed by atoms with Crippen LogP contribution in [0.1, 0.15) is 63.1 Å². The minimum atomic E-state index is 0.462. The van der Waals surface area contributed by atoms with E-state index in [9.17, 15) is 0 Å². The molecular weight excluding hydrogens is 320 g/mol. The maximum Gasteiger partial charge on any atom is 0.0177 e. The van der Waals surface area contributed by atoms with E-state index in [1.165, 1.54) is 44.9 Å². The molecule has 0 aromatic heterocycles. The molecule has 1 aromatic rings. The molecule has 1 fully saturated rings. The van der Waals surface area contributed by atoms with Gasteiger partial charge in [-0.15, -0.1) is 0 Å². The fourth-order valence-electron chi connectivity index (χ4n) is 4.28.